The first-order chi connectivity index (χ1) is 12.9. The quantitative estimate of drug-likeness (QED) is 0.574. The summed E-state index contributed by atoms with van der Waals surface area (Å²) in [6.45, 7) is 2.14. The Morgan fingerprint density at radius 2 is 2.11 bits per heavy atom. The molecule has 0 heterocycles. The molecule has 1 fully saturated rings. The highest BCUT2D eigenvalue weighted by atomic mass is 19.3. The van der Waals surface area contributed by atoms with Crippen LogP contribution in [0.1, 0.15) is 25.3 Å². The highest BCUT2D eigenvalue weighted by molar-refractivity contribution is 5.74. The van der Waals surface area contributed by atoms with E-state index >= 15 is 0 Å². The van der Waals surface area contributed by atoms with E-state index in [9.17, 15) is 18.4 Å². The maximum Gasteiger partial charge on any atom is 0.317 e. The van der Waals surface area contributed by atoms with Gasteiger partial charge in [0.05, 0.1) is 6.54 Å². The minimum absolute atomic E-state index is 0.00402. The molecular weight excluding hydrogens is 360 g/mol. The number of carboxylic acids is 1. The second-order valence-electron chi connectivity index (χ2n) is 6.46. The van der Waals surface area contributed by atoms with Gasteiger partial charge in [-0.25, -0.2) is 13.6 Å². The van der Waals surface area contributed by atoms with Crippen LogP contribution in [0.2, 0.25) is 0 Å². The van der Waals surface area contributed by atoms with Crippen LogP contribution in [0.3, 0.4) is 0 Å². The number of carbonyl (C=O) groups excluding carboxylic acids is 1. The van der Waals surface area contributed by atoms with Gasteiger partial charge >= 0.3 is 12.0 Å². The van der Waals surface area contributed by atoms with Crippen LogP contribution >= 0.6 is 0 Å². The van der Waals surface area contributed by atoms with Crippen molar-refractivity contribution in [1.29, 1.82) is 0 Å². The third-order valence-electron chi connectivity index (χ3n) is 4.44. The number of alkyl halides is 2. The predicted octanol–water partition coefficient (Wildman–Crippen LogP) is 2.07. The Labute approximate surface area is 156 Å². The van der Waals surface area contributed by atoms with E-state index in [0.717, 1.165) is 5.56 Å². The molecule has 1 aliphatic rings. The molecule has 2 amide bonds. The number of nitrogens with one attached hydrogen (secondary N) is 2. The number of rotatable bonds is 10. The number of aliphatic carboxylic acids is 1. The molecule has 2 rings (SSSR count). The van der Waals surface area contributed by atoms with Crippen molar-refractivity contribution in [3.8, 4) is 5.75 Å². The van der Waals surface area contributed by atoms with Crippen LogP contribution in [0.5, 0.6) is 5.75 Å². The highest BCUT2D eigenvalue weighted by Crippen LogP contribution is 2.25. The van der Waals surface area contributed by atoms with Crippen LogP contribution in [0, 0.1) is 0 Å². The first kappa shape index (κ1) is 20.9. The van der Waals surface area contributed by atoms with Crippen LogP contribution in [-0.2, 0) is 11.3 Å². The molecule has 0 spiro atoms. The van der Waals surface area contributed by atoms with Crippen LogP contribution in [0.25, 0.3) is 0 Å². The van der Waals surface area contributed by atoms with Gasteiger partial charge in [-0.15, -0.1) is 0 Å². The van der Waals surface area contributed by atoms with Crippen molar-refractivity contribution >= 4 is 12.0 Å². The number of nitrogens with zero attached hydrogens (tertiary/aromatic N) is 1. The van der Waals surface area contributed by atoms with Gasteiger partial charge in [0.15, 0.2) is 0 Å². The van der Waals surface area contributed by atoms with Gasteiger partial charge < -0.3 is 20.5 Å². The summed E-state index contributed by atoms with van der Waals surface area (Å²) in [6, 6.07) is 6.48. The number of likely N-dealkylation sites (N-methyl/N-ethyl adjacent to an activating group) is 1. The number of carbonyl (C=O) groups is 2. The first-order valence-electron chi connectivity index (χ1n) is 8.87. The van der Waals surface area contributed by atoms with E-state index in [0.29, 0.717) is 25.1 Å². The van der Waals surface area contributed by atoms with Crippen LogP contribution in [-0.4, -0.2) is 60.2 Å². The highest BCUT2D eigenvalue weighted by Gasteiger charge is 2.34. The Hall–Kier alpha value is -2.42. The molecule has 1 aromatic rings. The zero-order chi connectivity index (χ0) is 19.8. The lowest BCUT2D eigenvalue weighted by atomic mass is 9.85. The maximum atomic E-state index is 12.2. The molecule has 0 bridgehead atoms. The molecule has 0 aliphatic heterocycles. The van der Waals surface area contributed by atoms with Gasteiger partial charge in [-0.1, -0.05) is 19.1 Å². The van der Waals surface area contributed by atoms with E-state index in [2.05, 4.69) is 10.6 Å². The normalized spacial score (nSPS) is 18.9. The summed E-state index contributed by atoms with van der Waals surface area (Å²) in [7, 11) is 0. The van der Waals surface area contributed by atoms with E-state index < -0.39 is 19.0 Å². The fraction of sp³-hybridized carbons (Fsp3) is 0.556. The predicted molar refractivity (Wildman–Crippen MR) is 95.0 cm³/mol. The molecule has 0 unspecified atom stereocenters. The summed E-state index contributed by atoms with van der Waals surface area (Å²) < 4.78 is 29.3. The lowest BCUT2D eigenvalue weighted by Crippen LogP contribution is -2.56. The van der Waals surface area contributed by atoms with Gasteiger partial charge in [0.25, 0.3) is 6.43 Å². The first-order valence-corrected chi connectivity index (χ1v) is 8.87. The molecule has 0 saturated heterocycles. The van der Waals surface area contributed by atoms with Crippen molar-refractivity contribution in [3.05, 3.63) is 29.8 Å². The molecule has 9 heteroatoms. The Morgan fingerprint density at radius 3 is 2.74 bits per heavy atom. The summed E-state index contributed by atoms with van der Waals surface area (Å²) in [6.07, 6.45) is -1.11. The van der Waals surface area contributed by atoms with Crippen molar-refractivity contribution in [2.45, 2.75) is 44.8 Å². The van der Waals surface area contributed by atoms with E-state index in [4.69, 9.17) is 9.84 Å². The zero-order valence-electron chi connectivity index (χ0n) is 15.2. The number of amides is 2. The van der Waals surface area contributed by atoms with E-state index in [-0.39, 0.29) is 31.2 Å². The lowest BCUT2D eigenvalue weighted by molar-refractivity contribution is -0.139. The smallest absolute Gasteiger partial charge is 0.317 e. The van der Waals surface area contributed by atoms with E-state index in [1.165, 1.54) is 0 Å². The molecular formula is C18H25F2N3O4. The molecule has 1 saturated carbocycles. The van der Waals surface area contributed by atoms with Crippen molar-refractivity contribution < 1.29 is 28.2 Å². The molecule has 0 aromatic heterocycles. The van der Waals surface area contributed by atoms with Crippen molar-refractivity contribution in [3.63, 3.8) is 0 Å². The van der Waals surface area contributed by atoms with Gasteiger partial charge in [0.2, 0.25) is 0 Å². The van der Waals surface area contributed by atoms with Crippen LogP contribution in [0.4, 0.5) is 13.6 Å². The van der Waals surface area contributed by atoms with Gasteiger partial charge in [0, 0.05) is 18.6 Å². The second-order valence-corrected chi connectivity index (χ2v) is 6.46. The van der Waals surface area contributed by atoms with Crippen molar-refractivity contribution in [2.75, 3.05) is 19.7 Å². The molecule has 27 heavy (non-hydrogen) atoms. The topological polar surface area (TPSA) is 90.9 Å². The summed E-state index contributed by atoms with van der Waals surface area (Å²) in [4.78, 5) is 24.7. The van der Waals surface area contributed by atoms with E-state index in [1.807, 2.05) is 11.8 Å². The van der Waals surface area contributed by atoms with Crippen LogP contribution in [0.15, 0.2) is 24.3 Å². The molecule has 0 atom stereocenters. The average Bonchev–Trinajstić information content (AvgIpc) is 2.59. The molecule has 0 radical (unpaired) electrons. The van der Waals surface area contributed by atoms with Crippen molar-refractivity contribution in [2.24, 2.45) is 0 Å². The monoisotopic (exact) mass is 385 g/mol. The third-order valence-corrected chi connectivity index (χ3v) is 4.44. The number of carboxylic acid groups (broad SMARTS) is 1. The summed E-state index contributed by atoms with van der Waals surface area (Å²) in [5.41, 5.74) is 0.738. The number of halogens is 2. The zero-order valence-corrected chi connectivity index (χ0v) is 15.2. The Balaban J connectivity index is 1.70. The minimum Gasteiger partial charge on any atom is -0.488 e. The Morgan fingerprint density at radius 1 is 1.37 bits per heavy atom. The fourth-order valence-corrected chi connectivity index (χ4v) is 3.00. The number of hydrogen-bond donors (Lipinski definition) is 3. The largest absolute Gasteiger partial charge is 0.488 e. The van der Waals surface area contributed by atoms with Crippen LogP contribution < -0.4 is 15.4 Å². The number of ether oxygens (including phenoxy) is 1. The SMILES string of the molecule is CCN(CC(=O)O)C1CC(NC(=O)NCc2cccc(OCC(F)F)c2)C1. The van der Waals surface area contributed by atoms with Gasteiger partial charge in [-0.05, 0) is 37.1 Å². The number of benzene rings is 1. The van der Waals surface area contributed by atoms with Gasteiger partial charge in [-0.3, -0.25) is 9.69 Å². The van der Waals surface area contributed by atoms with Crippen molar-refractivity contribution in [1.82, 2.24) is 15.5 Å². The second kappa shape index (κ2) is 10.1. The van der Waals surface area contributed by atoms with E-state index in [1.54, 1.807) is 24.3 Å². The lowest BCUT2D eigenvalue weighted by Gasteiger charge is -2.42. The third kappa shape index (κ3) is 7.01. The standard InChI is InChI=1S/C18H25F2N3O4/c1-2-23(10-17(24)25)14-7-13(8-14)22-18(26)21-9-12-4-3-5-15(6-12)27-11-16(19)20/h3-6,13-14,16H,2,7-11H2,1H3,(H,24,25)(H2,21,22,26). The minimum atomic E-state index is -2.54. The molecule has 3 N–H and O–H groups in total. The molecule has 1 aliphatic carbocycles. The maximum absolute atomic E-state index is 12.2. The summed E-state index contributed by atoms with van der Waals surface area (Å²) in [5.74, 6) is -0.527. The van der Waals surface area contributed by atoms with Gasteiger partial charge in [-0.2, -0.15) is 0 Å². The molecule has 150 valence electrons. The Bertz CT molecular complexity index is 639. The molecule has 7 nitrogen and oxygen atoms in total. The molecule has 1 aromatic carbocycles. The Kier molecular flexibility index (Phi) is 7.78. The summed E-state index contributed by atoms with van der Waals surface area (Å²) in [5, 5.41) is 14.5. The number of hydrogen-bond acceptors (Lipinski definition) is 4. The summed E-state index contributed by atoms with van der Waals surface area (Å²) >= 11 is 0. The number of urea groups is 1. The average molecular weight is 385 g/mol. The van der Waals surface area contributed by atoms with Gasteiger partial charge in [0.1, 0.15) is 12.4 Å². The fourth-order valence-electron chi connectivity index (χ4n) is 3.00.